The number of halogens is 2. The Morgan fingerprint density at radius 2 is 2.11 bits per heavy atom. The van der Waals surface area contributed by atoms with Crippen LogP contribution < -0.4 is 5.48 Å². The number of nitrogens with one attached hydrogen (secondary N) is 1. The number of aromatic nitrogens is 2. The molecule has 2 aromatic rings. The number of hydroxylamine groups is 1. The van der Waals surface area contributed by atoms with Gasteiger partial charge in [0, 0.05) is 6.42 Å². The highest BCUT2D eigenvalue weighted by atomic mass is 79.9. The summed E-state index contributed by atoms with van der Waals surface area (Å²) in [5.74, 6) is 0.296. The molecule has 3 rings (SSSR count). The van der Waals surface area contributed by atoms with E-state index < -0.39 is 5.82 Å². The van der Waals surface area contributed by atoms with E-state index in [1.807, 2.05) is 5.48 Å². The average molecular weight is 455 g/mol. The second-order valence-electron chi connectivity index (χ2n) is 6.65. The molecule has 9 heteroatoms. The molecule has 6 nitrogen and oxygen atoms in total. The number of aliphatic imine (C=N–C) groups is 1. The molecule has 1 aromatic heterocycles. The zero-order valence-corrected chi connectivity index (χ0v) is 17.0. The lowest BCUT2D eigenvalue weighted by atomic mass is 9.85. The fourth-order valence-electron chi connectivity index (χ4n) is 3.29. The molecular formula is C18H20BrFN4O2S. The summed E-state index contributed by atoms with van der Waals surface area (Å²) < 4.78 is 18.5. The van der Waals surface area contributed by atoms with Gasteiger partial charge >= 0.3 is 0 Å². The predicted octanol–water partition coefficient (Wildman–Crippen LogP) is 4.91. The topological polar surface area (TPSA) is 83.5 Å². The minimum absolute atomic E-state index is 0.0604. The second kappa shape index (κ2) is 9.48. The molecule has 0 spiro atoms. The van der Waals surface area contributed by atoms with Crippen molar-refractivity contribution in [2.75, 3.05) is 0 Å². The average Bonchev–Trinajstić information content (AvgIpc) is 3.11. The normalized spacial score (nSPS) is 15.7. The van der Waals surface area contributed by atoms with Crippen molar-refractivity contribution in [3.63, 3.8) is 0 Å². The van der Waals surface area contributed by atoms with E-state index in [0.29, 0.717) is 23.7 Å². The number of hydrogen-bond acceptors (Lipinski definition) is 6. The lowest BCUT2D eigenvalue weighted by Crippen LogP contribution is -2.23. The maximum Gasteiger partial charge on any atom is 0.182 e. The van der Waals surface area contributed by atoms with Gasteiger partial charge in [-0.1, -0.05) is 49.5 Å². The summed E-state index contributed by atoms with van der Waals surface area (Å²) in [5, 5.41) is 17.2. The molecule has 27 heavy (non-hydrogen) atoms. The van der Waals surface area contributed by atoms with Crippen LogP contribution in [0.2, 0.25) is 0 Å². The van der Waals surface area contributed by atoms with E-state index >= 15 is 0 Å². The summed E-state index contributed by atoms with van der Waals surface area (Å²) in [7, 11) is 0. The third-order valence-electron chi connectivity index (χ3n) is 4.64. The van der Waals surface area contributed by atoms with Gasteiger partial charge in [-0.3, -0.25) is 10.7 Å². The van der Waals surface area contributed by atoms with Gasteiger partial charge in [-0.05, 0) is 56.5 Å². The molecule has 0 saturated heterocycles. The fourth-order valence-corrected chi connectivity index (χ4v) is 4.03. The summed E-state index contributed by atoms with van der Waals surface area (Å²) in [6, 6.07) is 4.26. The van der Waals surface area contributed by atoms with E-state index in [2.05, 4.69) is 31.2 Å². The molecule has 144 valence electrons. The first-order valence-electron chi connectivity index (χ1n) is 8.84. The number of benzene rings is 1. The van der Waals surface area contributed by atoms with Crippen LogP contribution in [0.25, 0.3) is 0 Å². The molecule has 0 atom stereocenters. The van der Waals surface area contributed by atoms with Crippen LogP contribution in [-0.2, 0) is 6.42 Å². The van der Waals surface area contributed by atoms with Crippen LogP contribution >= 0.6 is 28.1 Å². The summed E-state index contributed by atoms with van der Waals surface area (Å²) >= 11 is 8.66. The largest absolute Gasteiger partial charge is 0.290 e. The first-order chi connectivity index (χ1) is 13.1. The molecule has 1 aromatic carbocycles. The van der Waals surface area contributed by atoms with Crippen molar-refractivity contribution in [2.45, 2.75) is 44.9 Å². The molecule has 0 amide bonds. The third-order valence-corrected chi connectivity index (χ3v) is 5.56. The van der Waals surface area contributed by atoms with Crippen LogP contribution in [0.15, 0.2) is 32.3 Å². The molecule has 0 unspecified atom stereocenters. The maximum absolute atomic E-state index is 13.4. The molecule has 1 aliphatic rings. The SMILES string of the molecule is ONC(=Nc1ccc(F)c(Br)c1)c1nonc1CC(=S)CC1CCCCC1. The molecule has 0 aliphatic heterocycles. The van der Waals surface area contributed by atoms with E-state index in [9.17, 15) is 9.60 Å². The van der Waals surface area contributed by atoms with Crippen molar-refractivity contribution < 1.29 is 14.2 Å². The van der Waals surface area contributed by atoms with Gasteiger partial charge in [-0.15, -0.1) is 0 Å². The fraction of sp³-hybridized carbons (Fsp3) is 0.444. The molecule has 2 N–H and O–H groups in total. The van der Waals surface area contributed by atoms with E-state index in [4.69, 9.17) is 16.8 Å². The first-order valence-corrected chi connectivity index (χ1v) is 10.0. The van der Waals surface area contributed by atoms with Gasteiger partial charge in [0.1, 0.15) is 11.5 Å². The Bertz CT molecular complexity index is 837. The van der Waals surface area contributed by atoms with Crippen molar-refractivity contribution in [3.05, 3.63) is 39.9 Å². The van der Waals surface area contributed by atoms with E-state index in [1.54, 1.807) is 0 Å². The Balaban J connectivity index is 1.74. The molecule has 1 heterocycles. The number of rotatable bonds is 6. The van der Waals surface area contributed by atoms with Gasteiger partial charge in [0.2, 0.25) is 0 Å². The lowest BCUT2D eigenvalue weighted by Gasteiger charge is -2.21. The number of hydrogen-bond donors (Lipinski definition) is 2. The molecule has 1 saturated carbocycles. The molecule has 0 bridgehead atoms. The van der Waals surface area contributed by atoms with Crippen molar-refractivity contribution in [1.29, 1.82) is 0 Å². The summed E-state index contributed by atoms with van der Waals surface area (Å²) in [6.45, 7) is 0. The van der Waals surface area contributed by atoms with Crippen LogP contribution in [0.1, 0.15) is 49.9 Å². The van der Waals surface area contributed by atoms with Gasteiger partial charge in [-0.25, -0.2) is 14.0 Å². The minimum atomic E-state index is -0.399. The summed E-state index contributed by atoms with van der Waals surface area (Å²) in [6.07, 6.45) is 7.58. The monoisotopic (exact) mass is 454 g/mol. The number of thiocarbonyl (C=S) groups is 1. The Morgan fingerprint density at radius 1 is 1.33 bits per heavy atom. The van der Waals surface area contributed by atoms with Crippen LogP contribution in [0.3, 0.4) is 0 Å². The zero-order valence-electron chi connectivity index (χ0n) is 14.6. The smallest absolute Gasteiger partial charge is 0.182 e. The van der Waals surface area contributed by atoms with Crippen molar-refractivity contribution >= 4 is 44.5 Å². The van der Waals surface area contributed by atoms with Gasteiger partial charge < -0.3 is 0 Å². The minimum Gasteiger partial charge on any atom is -0.290 e. The first kappa shape index (κ1) is 20.0. The van der Waals surface area contributed by atoms with Crippen molar-refractivity contribution in [1.82, 2.24) is 15.8 Å². The maximum atomic E-state index is 13.4. The standard InChI is InChI=1S/C18H20BrFN4O2S/c19-14-9-12(6-7-15(14)20)21-18(22-25)17-16(23-26-24-17)10-13(27)8-11-4-2-1-3-5-11/h6-7,9,11,25H,1-5,8,10H2,(H,21,22). The predicted molar refractivity (Wildman–Crippen MR) is 107 cm³/mol. The number of amidine groups is 1. The van der Waals surface area contributed by atoms with Gasteiger partial charge in [0.15, 0.2) is 11.5 Å². The van der Waals surface area contributed by atoms with Gasteiger partial charge in [0.25, 0.3) is 0 Å². The van der Waals surface area contributed by atoms with Crippen molar-refractivity contribution in [2.24, 2.45) is 10.9 Å². The van der Waals surface area contributed by atoms with Crippen LogP contribution in [-0.4, -0.2) is 26.2 Å². The van der Waals surface area contributed by atoms with Crippen LogP contribution in [0, 0.1) is 11.7 Å². The summed E-state index contributed by atoms with van der Waals surface area (Å²) in [5.41, 5.74) is 3.24. The van der Waals surface area contributed by atoms with Crippen LogP contribution in [0.4, 0.5) is 10.1 Å². The van der Waals surface area contributed by atoms with Crippen molar-refractivity contribution in [3.8, 4) is 0 Å². The Labute approximate surface area is 170 Å². The van der Waals surface area contributed by atoms with E-state index in [1.165, 1.54) is 50.3 Å². The highest BCUT2D eigenvalue weighted by Gasteiger charge is 2.20. The van der Waals surface area contributed by atoms with Gasteiger partial charge in [-0.2, -0.15) is 0 Å². The van der Waals surface area contributed by atoms with Gasteiger partial charge in [0.05, 0.1) is 10.2 Å². The van der Waals surface area contributed by atoms with E-state index in [0.717, 1.165) is 11.3 Å². The number of nitrogens with zero attached hydrogens (tertiary/aromatic N) is 3. The highest BCUT2D eigenvalue weighted by molar-refractivity contribution is 9.10. The zero-order chi connectivity index (χ0) is 19.2. The second-order valence-corrected chi connectivity index (χ2v) is 8.09. The van der Waals surface area contributed by atoms with E-state index in [-0.39, 0.29) is 16.0 Å². The van der Waals surface area contributed by atoms with Crippen LogP contribution in [0.5, 0.6) is 0 Å². The quantitative estimate of drug-likeness (QED) is 0.279. The summed E-state index contributed by atoms with van der Waals surface area (Å²) in [4.78, 5) is 5.15. The molecule has 0 radical (unpaired) electrons. The molecular weight excluding hydrogens is 435 g/mol. The molecule has 1 fully saturated rings. The Hall–Kier alpha value is -1.71. The highest BCUT2D eigenvalue weighted by Crippen LogP contribution is 2.27. The third kappa shape index (κ3) is 5.40. The lowest BCUT2D eigenvalue weighted by molar-refractivity contribution is 0.234. The Morgan fingerprint density at radius 3 is 2.81 bits per heavy atom. The molecule has 1 aliphatic carbocycles. The Kier molecular flexibility index (Phi) is 7.03.